The minimum Gasteiger partial charge on any atom is -0.478 e. The topological polar surface area (TPSA) is 40.5 Å². The summed E-state index contributed by atoms with van der Waals surface area (Å²) in [5.41, 5.74) is 2.27. The van der Waals surface area contributed by atoms with Crippen LogP contribution >= 0.6 is 11.8 Å². The third-order valence-corrected chi connectivity index (χ3v) is 3.86. The Bertz CT molecular complexity index is 420. The van der Waals surface area contributed by atoms with Crippen molar-refractivity contribution in [3.05, 3.63) is 29.3 Å². The Morgan fingerprint density at radius 2 is 2.17 bits per heavy atom. The molecule has 1 rings (SSSR count). The van der Waals surface area contributed by atoms with E-state index in [2.05, 4.69) is 18.1 Å². The van der Waals surface area contributed by atoms with Gasteiger partial charge in [-0.25, -0.2) is 4.79 Å². The molecule has 0 aliphatic rings. The van der Waals surface area contributed by atoms with Crippen molar-refractivity contribution in [3.63, 3.8) is 0 Å². The Kier molecular flexibility index (Phi) is 5.54. The molecule has 0 aliphatic carbocycles. The smallest absolute Gasteiger partial charge is 0.337 e. The lowest BCUT2D eigenvalue weighted by Gasteiger charge is -2.30. The van der Waals surface area contributed by atoms with Crippen LogP contribution in [0.1, 0.15) is 29.3 Å². The number of thioether (sulfide) groups is 1. The molecule has 0 spiro atoms. The van der Waals surface area contributed by atoms with E-state index in [4.69, 9.17) is 0 Å². The Morgan fingerprint density at radius 1 is 1.50 bits per heavy atom. The summed E-state index contributed by atoms with van der Waals surface area (Å²) in [7, 11) is 1.98. The largest absolute Gasteiger partial charge is 0.478 e. The lowest BCUT2D eigenvalue weighted by Crippen LogP contribution is -2.34. The summed E-state index contributed by atoms with van der Waals surface area (Å²) >= 11 is 1.79. The second-order valence-electron chi connectivity index (χ2n) is 4.45. The summed E-state index contributed by atoms with van der Waals surface area (Å²) in [6.45, 7) is 4.12. The Balaban J connectivity index is 3.13. The van der Waals surface area contributed by atoms with Gasteiger partial charge in [0.05, 0.1) is 11.3 Å². The summed E-state index contributed by atoms with van der Waals surface area (Å²) < 4.78 is 0. The summed E-state index contributed by atoms with van der Waals surface area (Å²) in [4.78, 5) is 13.4. The summed E-state index contributed by atoms with van der Waals surface area (Å²) in [6.07, 6.45) is 3.08. The van der Waals surface area contributed by atoms with E-state index in [9.17, 15) is 9.90 Å². The molecule has 1 aromatic rings. The van der Waals surface area contributed by atoms with E-state index < -0.39 is 5.97 Å². The van der Waals surface area contributed by atoms with Crippen molar-refractivity contribution in [3.8, 4) is 0 Å². The average molecular weight is 267 g/mol. The maximum Gasteiger partial charge on any atom is 0.337 e. The maximum absolute atomic E-state index is 11.3. The number of hydrogen-bond donors (Lipinski definition) is 1. The van der Waals surface area contributed by atoms with Crippen LogP contribution in [0.5, 0.6) is 0 Å². The molecule has 0 amide bonds. The Labute approximate surface area is 113 Å². The lowest BCUT2D eigenvalue weighted by molar-refractivity contribution is 0.0697. The third kappa shape index (κ3) is 3.42. The number of carboxylic acid groups (broad SMARTS) is 1. The van der Waals surface area contributed by atoms with Gasteiger partial charge in [-0.1, -0.05) is 13.0 Å². The van der Waals surface area contributed by atoms with E-state index in [0.29, 0.717) is 11.6 Å². The van der Waals surface area contributed by atoms with Gasteiger partial charge in [-0.3, -0.25) is 0 Å². The van der Waals surface area contributed by atoms with E-state index in [0.717, 1.165) is 23.4 Å². The molecule has 1 atom stereocenters. The molecule has 0 aromatic heterocycles. The minimum absolute atomic E-state index is 0.361. The molecule has 0 heterocycles. The van der Waals surface area contributed by atoms with E-state index in [1.54, 1.807) is 17.8 Å². The molecule has 1 N–H and O–H groups in total. The van der Waals surface area contributed by atoms with Crippen LogP contribution < -0.4 is 4.90 Å². The predicted molar refractivity (Wildman–Crippen MR) is 79.0 cm³/mol. The quantitative estimate of drug-likeness (QED) is 0.859. The zero-order valence-electron chi connectivity index (χ0n) is 11.4. The number of rotatable bonds is 6. The fraction of sp³-hybridized carbons (Fsp3) is 0.500. The minimum atomic E-state index is -0.865. The lowest BCUT2D eigenvalue weighted by atomic mass is 10.1. The van der Waals surface area contributed by atoms with Gasteiger partial charge in [-0.2, -0.15) is 11.8 Å². The molecule has 0 radical (unpaired) electrons. The van der Waals surface area contributed by atoms with E-state index in [1.807, 2.05) is 26.1 Å². The van der Waals surface area contributed by atoms with E-state index in [1.165, 1.54) is 0 Å². The predicted octanol–water partition coefficient (Wildman–Crippen LogP) is 3.27. The van der Waals surface area contributed by atoms with Crippen LogP contribution in [-0.2, 0) is 0 Å². The molecule has 1 unspecified atom stereocenters. The van der Waals surface area contributed by atoms with Gasteiger partial charge in [0.15, 0.2) is 0 Å². The fourth-order valence-electron chi connectivity index (χ4n) is 2.01. The molecule has 0 saturated carbocycles. The van der Waals surface area contributed by atoms with Gasteiger partial charge in [-0.05, 0) is 37.3 Å². The van der Waals surface area contributed by atoms with Crippen LogP contribution in [0.4, 0.5) is 5.69 Å². The van der Waals surface area contributed by atoms with Crippen molar-refractivity contribution in [1.82, 2.24) is 0 Å². The molecular weight excluding hydrogens is 246 g/mol. The highest BCUT2D eigenvalue weighted by Gasteiger charge is 2.18. The monoisotopic (exact) mass is 267 g/mol. The van der Waals surface area contributed by atoms with Gasteiger partial charge >= 0.3 is 5.97 Å². The summed E-state index contributed by atoms with van der Waals surface area (Å²) in [5.74, 6) is 0.135. The molecule has 18 heavy (non-hydrogen) atoms. The van der Waals surface area contributed by atoms with Crippen molar-refractivity contribution < 1.29 is 9.90 Å². The number of benzene rings is 1. The number of aryl methyl sites for hydroxylation is 1. The molecular formula is C14H21NO2S. The standard InChI is InChI=1S/C14H21NO2S/c1-5-11(9-18-4)15(3)13-8-10(2)6-7-12(13)14(16)17/h6-8,11H,5,9H2,1-4H3,(H,16,17). The fourth-order valence-corrected chi connectivity index (χ4v) is 2.85. The van der Waals surface area contributed by atoms with Crippen LogP contribution in [0.2, 0.25) is 0 Å². The van der Waals surface area contributed by atoms with Gasteiger partial charge in [0, 0.05) is 18.8 Å². The number of anilines is 1. The van der Waals surface area contributed by atoms with Crippen LogP contribution in [0.15, 0.2) is 18.2 Å². The van der Waals surface area contributed by atoms with Crippen molar-refractivity contribution in [2.75, 3.05) is 24.0 Å². The van der Waals surface area contributed by atoms with Gasteiger partial charge in [-0.15, -0.1) is 0 Å². The van der Waals surface area contributed by atoms with Gasteiger partial charge in [0.1, 0.15) is 0 Å². The summed E-state index contributed by atoms with van der Waals surface area (Å²) in [6, 6.07) is 5.85. The first-order valence-corrected chi connectivity index (χ1v) is 7.46. The Hall–Kier alpha value is -1.16. The van der Waals surface area contributed by atoms with E-state index in [-0.39, 0.29) is 0 Å². The normalized spacial score (nSPS) is 12.2. The number of carboxylic acids is 1. The zero-order chi connectivity index (χ0) is 13.7. The molecule has 0 saturated heterocycles. The molecule has 100 valence electrons. The van der Waals surface area contributed by atoms with Crippen LogP contribution in [0.3, 0.4) is 0 Å². The van der Waals surface area contributed by atoms with Crippen LogP contribution in [-0.4, -0.2) is 36.2 Å². The van der Waals surface area contributed by atoms with Crippen molar-refractivity contribution in [2.24, 2.45) is 0 Å². The van der Waals surface area contributed by atoms with Crippen molar-refractivity contribution in [1.29, 1.82) is 0 Å². The van der Waals surface area contributed by atoms with Crippen LogP contribution in [0.25, 0.3) is 0 Å². The van der Waals surface area contributed by atoms with Gasteiger partial charge in [0.25, 0.3) is 0 Å². The highest BCUT2D eigenvalue weighted by atomic mass is 32.2. The first-order chi connectivity index (χ1) is 8.51. The van der Waals surface area contributed by atoms with Crippen molar-refractivity contribution in [2.45, 2.75) is 26.3 Å². The average Bonchev–Trinajstić information content (AvgIpc) is 2.34. The number of hydrogen-bond acceptors (Lipinski definition) is 3. The van der Waals surface area contributed by atoms with Crippen molar-refractivity contribution >= 4 is 23.4 Å². The molecule has 3 nitrogen and oxygen atoms in total. The second-order valence-corrected chi connectivity index (χ2v) is 5.36. The number of aromatic carboxylic acids is 1. The van der Waals surface area contributed by atoms with Gasteiger partial charge in [0.2, 0.25) is 0 Å². The third-order valence-electron chi connectivity index (χ3n) is 3.14. The zero-order valence-corrected chi connectivity index (χ0v) is 12.3. The van der Waals surface area contributed by atoms with E-state index >= 15 is 0 Å². The SMILES string of the molecule is CCC(CSC)N(C)c1cc(C)ccc1C(=O)O. The first kappa shape index (κ1) is 14.9. The van der Waals surface area contributed by atoms with Crippen LogP contribution in [0, 0.1) is 6.92 Å². The number of carbonyl (C=O) groups is 1. The molecule has 0 fully saturated rings. The molecule has 0 aliphatic heterocycles. The summed E-state index contributed by atoms with van der Waals surface area (Å²) in [5, 5.41) is 9.26. The number of nitrogens with zero attached hydrogens (tertiary/aromatic N) is 1. The molecule has 4 heteroatoms. The second kappa shape index (κ2) is 6.69. The highest BCUT2D eigenvalue weighted by Crippen LogP contribution is 2.25. The molecule has 1 aromatic carbocycles. The Morgan fingerprint density at radius 3 is 2.67 bits per heavy atom. The first-order valence-electron chi connectivity index (χ1n) is 6.07. The molecule has 0 bridgehead atoms. The maximum atomic E-state index is 11.3. The highest BCUT2D eigenvalue weighted by molar-refractivity contribution is 7.98. The van der Waals surface area contributed by atoms with Gasteiger partial charge < -0.3 is 10.0 Å².